The molecular weight excluding hydrogens is 330 g/mol. The molecule has 0 saturated heterocycles. The van der Waals surface area contributed by atoms with E-state index in [1.807, 2.05) is 0 Å². The molecule has 0 aromatic heterocycles. The van der Waals surface area contributed by atoms with Crippen LogP contribution in [0, 0.1) is 23.5 Å². The van der Waals surface area contributed by atoms with Crippen LogP contribution in [0.5, 0.6) is 0 Å². The predicted molar refractivity (Wildman–Crippen MR) is 105 cm³/mol. The summed E-state index contributed by atoms with van der Waals surface area (Å²) < 4.78 is 26.5. The van der Waals surface area contributed by atoms with Crippen molar-refractivity contribution in [1.82, 2.24) is 0 Å². The van der Waals surface area contributed by atoms with Crippen LogP contribution < -0.4 is 0 Å². The molecule has 1 aromatic rings. The molecule has 0 atom stereocenters. The molecule has 0 nitrogen and oxygen atoms in total. The van der Waals surface area contributed by atoms with E-state index in [1.165, 1.54) is 69.5 Å². The Balaban J connectivity index is 1.37. The van der Waals surface area contributed by atoms with Crippen LogP contribution in [0.25, 0.3) is 0 Å². The van der Waals surface area contributed by atoms with E-state index < -0.39 is 11.6 Å². The molecule has 0 bridgehead atoms. The van der Waals surface area contributed by atoms with Gasteiger partial charge in [-0.1, -0.05) is 63.1 Å². The van der Waals surface area contributed by atoms with Gasteiger partial charge in [-0.15, -0.1) is 0 Å². The standard InChI is InChI=1S/C22H34F2Si/c1-2-25-20-12-7-17(8-13-20)4-3-16-5-9-18(10-6-16)19-11-14-21(23)22(24)15-19/h11,14-18,20H,2-10,12-13,25H2,1H3. The topological polar surface area (TPSA) is 0 Å². The van der Waals surface area contributed by atoms with Crippen molar-refractivity contribution in [3.63, 3.8) is 0 Å². The maximum Gasteiger partial charge on any atom is 0.159 e. The Hall–Kier alpha value is -0.703. The van der Waals surface area contributed by atoms with Gasteiger partial charge in [-0.25, -0.2) is 8.78 Å². The van der Waals surface area contributed by atoms with Gasteiger partial charge in [0.2, 0.25) is 0 Å². The molecule has 0 amide bonds. The average molecular weight is 365 g/mol. The molecular formula is C22H34F2Si. The molecule has 140 valence electrons. The molecule has 0 spiro atoms. The zero-order valence-electron chi connectivity index (χ0n) is 15.8. The van der Waals surface area contributed by atoms with Crippen LogP contribution in [0.3, 0.4) is 0 Å². The third-order valence-electron chi connectivity index (χ3n) is 6.91. The minimum atomic E-state index is -0.728. The molecule has 0 heterocycles. The fraction of sp³-hybridized carbons (Fsp3) is 0.727. The lowest BCUT2D eigenvalue weighted by atomic mass is 9.75. The third-order valence-corrected chi connectivity index (χ3v) is 9.12. The lowest BCUT2D eigenvalue weighted by molar-refractivity contribution is 0.261. The van der Waals surface area contributed by atoms with E-state index in [-0.39, 0.29) is 9.52 Å². The summed E-state index contributed by atoms with van der Waals surface area (Å²) in [6.07, 6.45) is 13.7. The van der Waals surface area contributed by atoms with E-state index in [0.29, 0.717) is 5.92 Å². The number of halogens is 2. The fourth-order valence-corrected chi connectivity index (χ4v) is 7.10. The van der Waals surface area contributed by atoms with Crippen LogP contribution in [0.2, 0.25) is 11.6 Å². The molecule has 2 aliphatic carbocycles. The molecule has 2 fully saturated rings. The maximum atomic E-state index is 13.4. The summed E-state index contributed by atoms with van der Waals surface area (Å²) in [5.41, 5.74) is 2.14. The van der Waals surface area contributed by atoms with Crippen molar-refractivity contribution >= 4 is 9.52 Å². The van der Waals surface area contributed by atoms with Crippen molar-refractivity contribution in [1.29, 1.82) is 0 Å². The summed E-state index contributed by atoms with van der Waals surface area (Å²) in [5.74, 6) is 0.867. The van der Waals surface area contributed by atoms with E-state index >= 15 is 0 Å². The van der Waals surface area contributed by atoms with Gasteiger partial charge in [0.25, 0.3) is 0 Å². The fourth-order valence-electron chi connectivity index (χ4n) is 5.24. The molecule has 1 aromatic carbocycles. The first-order valence-electron chi connectivity index (χ1n) is 10.6. The predicted octanol–water partition coefficient (Wildman–Crippen LogP) is 6.60. The number of hydrogen-bond donors (Lipinski definition) is 0. The highest BCUT2D eigenvalue weighted by Crippen LogP contribution is 2.40. The van der Waals surface area contributed by atoms with E-state index in [9.17, 15) is 8.78 Å². The Kier molecular flexibility index (Phi) is 7.09. The first-order chi connectivity index (χ1) is 12.2. The Morgan fingerprint density at radius 1 is 0.840 bits per heavy atom. The number of benzene rings is 1. The second kappa shape index (κ2) is 9.30. The van der Waals surface area contributed by atoms with Crippen molar-refractivity contribution in [2.24, 2.45) is 11.8 Å². The molecule has 0 unspecified atom stereocenters. The lowest BCUT2D eigenvalue weighted by Gasteiger charge is -2.32. The number of rotatable bonds is 6. The van der Waals surface area contributed by atoms with Gasteiger partial charge in [0, 0.05) is 9.52 Å². The summed E-state index contributed by atoms with van der Waals surface area (Å²) in [5, 5.41) is 0. The Bertz CT molecular complexity index is 529. The van der Waals surface area contributed by atoms with Crippen molar-refractivity contribution in [2.45, 2.75) is 88.6 Å². The summed E-state index contributed by atoms with van der Waals surface area (Å²) in [6.45, 7) is 2.37. The van der Waals surface area contributed by atoms with Crippen LogP contribution in [-0.2, 0) is 0 Å². The molecule has 0 aliphatic heterocycles. The maximum absolute atomic E-state index is 13.4. The van der Waals surface area contributed by atoms with E-state index in [2.05, 4.69) is 6.92 Å². The van der Waals surface area contributed by atoms with Crippen LogP contribution in [0.4, 0.5) is 8.78 Å². The quantitative estimate of drug-likeness (QED) is 0.499. The van der Waals surface area contributed by atoms with Crippen molar-refractivity contribution in [2.75, 3.05) is 0 Å². The normalized spacial score (nSPS) is 30.8. The highest BCUT2D eigenvalue weighted by atomic mass is 28.2. The smallest absolute Gasteiger partial charge is 0.159 e. The van der Waals surface area contributed by atoms with Crippen LogP contribution in [0.1, 0.15) is 82.6 Å². The first-order valence-corrected chi connectivity index (χ1v) is 12.4. The van der Waals surface area contributed by atoms with E-state index in [4.69, 9.17) is 0 Å². The van der Waals surface area contributed by atoms with Gasteiger partial charge < -0.3 is 0 Å². The van der Waals surface area contributed by atoms with Gasteiger partial charge in [-0.3, -0.25) is 0 Å². The van der Waals surface area contributed by atoms with Gasteiger partial charge in [-0.05, 0) is 61.1 Å². The molecule has 3 rings (SSSR count). The Morgan fingerprint density at radius 2 is 1.44 bits per heavy atom. The third kappa shape index (κ3) is 5.38. The molecule has 3 heteroatoms. The average Bonchev–Trinajstić information content (AvgIpc) is 2.64. The minimum Gasteiger partial charge on any atom is -0.204 e. The van der Waals surface area contributed by atoms with E-state index in [1.54, 1.807) is 6.07 Å². The van der Waals surface area contributed by atoms with Gasteiger partial charge in [-0.2, -0.15) is 0 Å². The highest BCUT2D eigenvalue weighted by Gasteiger charge is 2.25. The van der Waals surface area contributed by atoms with Crippen molar-refractivity contribution in [3.05, 3.63) is 35.4 Å². The largest absolute Gasteiger partial charge is 0.204 e. The van der Waals surface area contributed by atoms with Crippen LogP contribution >= 0.6 is 0 Å². The van der Waals surface area contributed by atoms with Gasteiger partial charge in [0.15, 0.2) is 11.6 Å². The molecule has 2 aliphatic rings. The summed E-state index contributed by atoms with van der Waals surface area (Å²) in [7, 11) is 0.233. The van der Waals surface area contributed by atoms with Crippen molar-refractivity contribution < 1.29 is 8.78 Å². The second-order valence-corrected chi connectivity index (χ2v) is 11.4. The number of hydrogen-bond acceptors (Lipinski definition) is 0. The monoisotopic (exact) mass is 364 g/mol. The van der Waals surface area contributed by atoms with Crippen molar-refractivity contribution in [3.8, 4) is 0 Å². The lowest BCUT2D eigenvalue weighted by Crippen LogP contribution is -2.18. The minimum absolute atomic E-state index is 0.233. The zero-order valence-corrected chi connectivity index (χ0v) is 17.2. The SMILES string of the molecule is CC[SiH2]C1CCC(CCC2CCC(c3ccc(F)c(F)c3)CC2)CC1. The highest BCUT2D eigenvalue weighted by molar-refractivity contribution is 6.37. The molecule has 0 N–H and O–H groups in total. The Morgan fingerprint density at radius 3 is 2.00 bits per heavy atom. The Labute approximate surface area is 154 Å². The second-order valence-electron chi connectivity index (χ2n) is 8.64. The van der Waals surface area contributed by atoms with Gasteiger partial charge in [0.05, 0.1) is 0 Å². The molecule has 2 saturated carbocycles. The molecule has 25 heavy (non-hydrogen) atoms. The summed E-state index contributed by atoms with van der Waals surface area (Å²) in [6, 6.07) is 5.96. The summed E-state index contributed by atoms with van der Waals surface area (Å²) in [4.78, 5) is 0. The van der Waals surface area contributed by atoms with E-state index in [0.717, 1.165) is 35.8 Å². The van der Waals surface area contributed by atoms with Crippen LogP contribution in [-0.4, -0.2) is 9.52 Å². The zero-order chi connectivity index (χ0) is 17.6. The molecule has 0 radical (unpaired) electrons. The van der Waals surface area contributed by atoms with Gasteiger partial charge in [0.1, 0.15) is 0 Å². The van der Waals surface area contributed by atoms with Crippen LogP contribution in [0.15, 0.2) is 18.2 Å². The van der Waals surface area contributed by atoms with Gasteiger partial charge >= 0.3 is 0 Å². The first kappa shape index (κ1) is 19.1. The summed E-state index contributed by atoms with van der Waals surface area (Å²) >= 11 is 0.